The van der Waals surface area contributed by atoms with Crippen molar-refractivity contribution in [2.75, 3.05) is 13.2 Å². The van der Waals surface area contributed by atoms with Crippen LogP contribution in [0.5, 0.6) is 11.5 Å². The highest BCUT2D eigenvalue weighted by Gasteiger charge is 2.03. The van der Waals surface area contributed by atoms with Gasteiger partial charge in [0.05, 0.1) is 13.2 Å². The molecule has 2 nitrogen and oxygen atoms in total. The second-order valence-corrected chi connectivity index (χ2v) is 2.65. The zero-order chi connectivity index (χ0) is 9.68. The normalized spacial score (nSPS) is 9.77. The van der Waals surface area contributed by atoms with Crippen molar-refractivity contribution in [1.82, 2.24) is 0 Å². The fraction of sp³-hybridized carbons (Fsp3) is 0.364. The third-order valence-corrected chi connectivity index (χ3v) is 1.61. The number of hydrogen-bond donors (Lipinski definition) is 0. The smallest absolute Gasteiger partial charge is 0.161 e. The molecule has 0 aromatic heterocycles. The highest BCUT2D eigenvalue weighted by atomic mass is 16.5. The Morgan fingerprint density at radius 3 is 2.31 bits per heavy atom. The van der Waals surface area contributed by atoms with Crippen LogP contribution in [-0.4, -0.2) is 13.2 Å². The second-order valence-electron chi connectivity index (χ2n) is 2.65. The van der Waals surface area contributed by atoms with Crippen molar-refractivity contribution in [3.8, 4) is 11.5 Å². The van der Waals surface area contributed by atoms with Gasteiger partial charge in [-0.3, -0.25) is 0 Å². The zero-order valence-corrected chi connectivity index (χ0v) is 8.17. The highest BCUT2D eigenvalue weighted by molar-refractivity contribution is 5.43. The van der Waals surface area contributed by atoms with Gasteiger partial charge < -0.3 is 9.47 Å². The van der Waals surface area contributed by atoms with Crippen LogP contribution in [0.15, 0.2) is 18.2 Å². The Morgan fingerprint density at radius 1 is 1.08 bits per heavy atom. The molecule has 71 valence electrons. The van der Waals surface area contributed by atoms with Crippen molar-refractivity contribution in [1.29, 1.82) is 0 Å². The lowest BCUT2D eigenvalue weighted by Gasteiger charge is -2.10. The fourth-order valence-corrected chi connectivity index (χ4v) is 1.10. The number of ether oxygens (including phenoxy) is 2. The van der Waals surface area contributed by atoms with Gasteiger partial charge in [-0.2, -0.15) is 0 Å². The average molecular weight is 179 g/mol. The standard InChI is InChI=1S/C11H15O2/c1-4-12-10-7-6-9(3)8-11(10)13-5-2/h6-8H,3-5H2,1-2H3. The van der Waals surface area contributed by atoms with Crippen LogP contribution in [0.25, 0.3) is 0 Å². The van der Waals surface area contributed by atoms with Crippen molar-refractivity contribution in [2.24, 2.45) is 0 Å². The minimum absolute atomic E-state index is 0.642. The number of hydrogen-bond acceptors (Lipinski definition) is 2. The van der Waals surface area contributed by atoms with Gasteiger partial charge in [-0.15, -0.1) is 0 Å². The minimum atomic E-state index is 0.642. The molecule has 0 aliphatic heterocycles. The third-order valence-electron chi connectivity index (χ3n) is 1.61. The molecule has 0 saturated heterocycles. The summed E-state index contributed by atoms with van der Waals surface area (Å²) in [6.45, 7) is 9.02. The van der Waals surface area contributed by atoms with Crippen LogP contribution >= 0.6 is 0 Å². The van der Waals surface area contributed by atoms with Crippen molar-refractivity contribution in [3.63, 3.8) is 0 Å². The molecule has 0 saturated carbocycles. The summed E-state index contributed by atoms with van der Waals surface area (Å²) in [6, 6.07) is 5.68. The maximum atomic E-state index is 5.41. The first kappa shape index (κ1) is 9.90. The predicted octanol–water partition coefficient (Wildman–Crippen LogP) is 2.67. The van der Waals surface area contributed by atoms with E-state index < -0.39 is 0 Å². The summed E-state index contributed by atoms with van der Waals surface area (Å²) in [4.78, 5) is 0. The molecule has 1 aromatic carbocycles. The molecule has 0 atom stereocenters. The lowest BCUT2D eigenvalue weighted by molar-refractivity contribution is 0.287. The van der Waals surface area contributed by atoms with Crippen LogP contribution in [0.1, 0.15) is 19.4 Å². The Morgan fingerprint density at radius 2 is 1.69 bits per heavy atom. The average Bonchev–Trinajstić information content (AvgIpc) is 2.10. The molecule has 0 aliphatic carbocycles. The molecule has 0 bridgehead atoms. The number of benzene rings is 1. The van der Waals surface area contributed by atoms with E-state index in [2.05, 4.69) is 6.92 Å². The van der Waals surface area contributed by atoms with E-state index in [0.717, 1.165) is 17.1 Å². The first-order chi connectivity index (χ1) is 6.27. The number of rotatable bonds is 4. The predicted molar refractivity (Wildman–Crippen MR) is 53.2 cm³/mol. The zero-order valence-electron chi connectivity index (χ0n) is 8.17. The van der Waals surface area contributed by atoms with E-state index >= 15 is 0 Å². The molecule has 0 N–H and O–H groups in total. The molecule has 1 aromatic rings. The summed E-state index contributed by atoms with van der Waals surface area (Å²) in [6.07, 6.45) is 0. The first-order valence-corrected chi connectivity index (χ1v) is 4.49. The summed E-state index contributed by atoms with van der Waals surface area (Å²) in [7, 11) is 0. The summed E-state index contributed by atoms with van der Waals surface area (Å²) in [5.41, 5.74) is 0.937. The topological polar surface area (TPSA) is 18.5 Å². The van der Waals surface area contributed by atoms with Gasteiger partial charge in [0.2, 0.25) is 0 Å². The quantitative estimate of drug-likeness (QED) is 0.707. The molecule has 1 rings (SSSR count). The molecule has 2 heteroatoms. The van der Waals surface area contributed by atoms with Crippen LogP contribution in [0.2, 0.25) is 0 Å². The van der Waals surface area contributed by atoms with Crippen LogP contribution in [0, 0.1) is 6.92 Å². The molecule has 1 radical (unpaired) electrons. The molecule has 0 heterocycles. The maximum Gasteiger partial charge on any atom is 0.161 e. The van der Waals surface area contributed by atoms with Gasteiger partial charge in [-0.1, -0.05) is 6.07 Å². The van der Waals surface area contributed by atoms with E-state index in [1.54, 1.807) is 0 Å². The van der Waals surface area contributed by atoms with E-state index in [9.17, 15) is 0 Å². The Bertz CT molecular complexity index is 269. The van der Waals surface area contributed by atoms with Crippen molar-refractivity contribution in [3.05, 3.63) is 30.7 Å². The van der Waals surface area contributed by atoms with Gasteiger partial charge in [0.15, 0.2) is 11.5 Å². The van der Waals surface area contributed by atoms with Crippen molar-refractivity contribution < 1.29 is 9.47 Å². The molecular weight excluding hydrogens is 164 g/mol. The molecule has 0 amide bonds. The molecule has 13 heavy (non-hydrogen) atoms. The monoisotopic (exact) mass is 179 g/mol. The van der Waals surface area contributed by atoms with Crippen LogP contribution < -0.4 is 9.47 Å². The minimum Gasteiger partial charge on any atom is -0.490 e. The fourth-order valence-electron chi connectivity index (χ4n) is 1.10. The third kappa shape index (κ3) is 2.65. The second kappa shape index (κ2) is 4.75. The summed E-state index contributed by atoms with van der Waals surface area (Å²) in [5.74, 6) is 1.56. The lowest BCUT2D eigenvalue weighted by atomic mass is 10.2. The van der Waals surface area contributed by atoms with Crippen LogP contribution in [0.3, 0.4) is 0 Å². The SMILES string of the molecule is [CH2]c1ccc(OCC)c(OCC)c1. The van der Waals surface area contributed by atoms with Gasteiger partial charge in [0.1, 0.15) is 0 Å². The summed E-state index contributed by atoms with van der Waals surface area (Å²) < 4.78 is 10.8. The van der Waals surface area contributed by atoms with Crippen molar-refractivity contribution in [2.45, 2.75) is 13.8 Å². The Kier molecular flexibility index (Phi) is 3.62. The molecule has 0 fully saturated rings. The van der Waals surface area contributed by atoms with Crippen molar-refractivity contribution >= 4 is 0 Å². The van der Waals surface area contributed by atoms with Gasteiger partial charge >= 0.3 is 0 Å². The van der Waals surface area contributed by atoms with Crippen LogP contribution in [0.4, 0.5) is 0 Å². The van der Waals surface area contributed by atoms with Gasteiger partial charge in [-0.05, 0) is 38.5 Å². The van der Waals surface area contributed by atoms with E-state index in [-0.39, 0.29) is 0 Å². The molecule has 0 unspecified atom stereocenters. The Labute approximate surface area is 79.5 Å². The van der Waals surface area contributed by atoms with Gasteiger partial charge in [0.25, 0.3) is 0 Å². The molecular formula is C11H15O2. The lowest BCUT2D eigenvalue weighted by Crippen LogP contribution is -1.98. The Balaban J connectivity index is 2.89. The highest BCUT2D eigenvalue weighted by Crippen LogP contribution is 2.27. The molecule has 0 aliphatic rings. The van der Waals surface area contributed by atoms with Crippen LogP contribution in [-0.2, 0) is 0 Å². The van der Waals surface area contributed by atoms with E-state index in [1.807, 2.05) is 32.0 Å². The first-order valence-electron chi connectivity index (χ1n) is 4.49. The molecule has 0 spiro atoms. The van der Waals surface area contributed by atoms with Gasteiger partial charge in [-0.25, -0.2) is 0 Å². The van der Waals surface area contributed by atoms with Gasteiger partial charge in [0, 0.05) is 0 Å². The van der Waals surface area contributed by atoms with E-state index in [4.69, 9.17) is 9.47 Å². The maximum absolute atomic E-state index is 5.41. The largest absolute Gasteiger partial charge is 0.490 e. The Hall–Kier alpha value is -1.18. The summed E-state index contributed by atoms with van der Waals surface area (Å²) in [5, 5.41) is 0. The van der Waals surface area contributed by atoms with E-state index in [1.165, 1.54) is 0 Å². The summed E-state index contributed by atoms with van der Waals surface area (Å²) >= 11 is 0. The van der Waals surface area contributed by atoms with E-state index in [0.29, 0.717) is 13.2 Å².